The van der Waals surface area contributed by atoms with E-state index in [2.05, 4.69) is 20.9 Å². The Morgan fingerprint density at radius 1 is 1.14 bits per heavy atom. The zero-order valence-corrected chi connectivity index (χ0v) is 23.8. The van der Waals surface area contributed by atoms with Crippen LogP contribution in [0.25, 0.3) is 11.0 Å². The number of nitrogens with zero attached hydrogens (tertiary/aromatic N) is 4. The molecular weight excluding hydrogens is 532 g/mol. The number of carboxylic acid groups (broad SMARTS) is 1. The topological polar surface area (TPSA) is 126 Å². The number of aromatic carboxylic acids is 1. The van der Waals surface area contributed by atoms with Gasteiger partial charge in [0.1, 0.15) is 12.4 Å². The number of anilines is 1. The number of fused-ring (bicyclic) bond motifs is 1. The van der Waals surface area contributed by atoms with Gasteiger partial charge in [0.2, 0.25) is 5.88 Å². The third-order valence-corrected chi connectivity index (χ3v) is 8.30. The molecule has 4 aromatic rings. The SMILES string of the molecule is CNc1ccc(COc2cccc(C3CCN(Cc4nc5ccc(C(=O)O)cc5n4C[C@@H]4CCO4)CC3)n2)cc1C=N. The van der Waals surface area contributed by atoms with Crippen molar-refractivity contribution in [3.63, 3.8) is 0 Å². The minimum absolute atomic E-state index is 0.145. The smallest absolute Gasteiger partial charge is 0.335 e. The van der Waals surface area contributed by atoms with Crippen molar-refractivity contribution < 1.29 is 19.4 Å². The highest BCUT2D eigenvalue weighted by Gasteiger charge is 2.26. The highest BCUT2D eigenvalue weighted by Crippen LogP contribution is 2.30. The van der Waals surface area contributed by atoms with E-state index >= 15 is 0 Å². The van der Waals surface area contributed by atoms with Crippen molar-refractivity contribution in [1.82, 2.24) is 19.4 Å². The van der Waals surface area contributed by atoms with Gasteiger partial charge in [-0.05, 0) is 74.3 Å². The second-order valence-corrected chi connectivity index (χ2v) is 11.0. The van der Waals surface area contributed by atoms with Gasteiger partial charge in [0.25, 0.3) is 0 Å². The lowest BCUT2D eigenvalue weighted by atomic mass is 9.93. The van der Waals surface area contributed by atoms with Crippen molar-refractivity contribution in [1.29, 1.82) is 5.41 Å². The molecule has 3 N–H and O–H groups in total. The predicted octanol–water partition coefficient (Wildman–Crippen LogP) is 4.92. The number of ether oxygens (including phenoxy) is 2. The molecule has 0 aliphatic carbocycles. The summed E-state index contributed by atoms with van der Waals surface area (Å²) in [4.78, 5) is 23.8. The van der Waals surface area contributed by atoms with E-state index in [0.717, 1.165) is 78.3 Å². The summed E-state index contributed by atoms with van der Waals surface area (Å²) in [6, 6.07) is 17.0. The molecule has 42 heavy (non-hydrogen) atoms. The number of hydrogen-bond acceptors (Lipinski definition) is 8. The fourth-order valence-corrected chi connectivity index (χ4v) is 5.79. The molecule has 6 rings (SSSR count). The van der Waals surface area contributed by atoms with Gasteiger partial charge in [-0.3, -0.25) is 4.90 Å². The summed E-state index contributed by atoms with van der Waals surface area (Å²) >= 11 is 0. The van der Waals surface area contributed by atoms with Gasteiger partial charge in [0, 0.05) is 48.8 Å². The summed E-state index contributed by atoms with van der Waals surface area (Å²) in [6.07, 6.45) is 4.46. The molecule has 0 amide bonds. The van der Waals surface area contributed by atoms with Crippen molar-refractivity contribution in [3.05, 3.63) is 82.8 Å². The summed E-state index contributed by atoms with van der Waals surface area (Å²) in [5, 5.41) is 20.3. The summed E-state index contributed by atoms with van der Waals surface area (Å²) in [5.74, 6) is 0.974. The molecule has 2 aromatic carbocycles. The quantitative estimate of drug-likeness (QED) is 0.218. The molecule has 2 saturated heterocycles. The van der Waals surface area contributed by atoms with Crippen molar-refractivity contribution in [2.45, 2.75) is 51.0 Å². The second kappa shape index (κ2) is 12.3. The number of aromatic nitrogens is 3. The number of piperidine rings is 1. The van der Waals surface area contributed by atoms with Crippen LogP contribution in [0, 0.1) is 5.41 Å². The van der Waals surface area contributed by atoms with Gasteiger partial charge in [-0.2, -0.15) is 0 Å². The first kappa shape index (κ1) is 27.9. The van der Waals surface area contributed by atoms with Crippen LogP contribution in [0.2, 0.25) is 0 Å². The third kappa shape index (κ3) is 6.00. The molecule has 0 saturated carbocycles. The van der Waals surface area contributed by atoms with Crippen molar-refractivity contribution in [2.24, 2.45) is 0 Å². The highest BCUT2D eigenvalue weighted by molar-refractivity contribution is 5.92. The lowest BCUT2D eigenvalue weighted by Crippen LogP contribution is -2.35. The molecule has 218 valence electrons. The number of pyridine rings is 1. The molecule has 10 heteroatoms. The van der Waals surface area contributed by atoms with Crippen LogP contribution in [0.5, 0.6) is 5.88 Å². The van der Waals surface area contributed by atoms with Crippen molar-refractivity contribution in [3.8, 4) is 5.88 Å². The normalized spacial score (nSPS) is 17.6. The number of imidazole rings is 1. The van der Waals surface area contributed by atoms with Crippen LogP contribution in [0.1, 0.15) is 58.2 Å². The molecule has 1 atom stereocenters. The molecule has 0 unspecified atom stereocenters. The van der Waals surface area contributed by atoms with Crippen LogP contribution in [-0.2, 0) is 24.4 Å². The molecule has 0 bridgehead atoms. The Hall–Kier alpha value is -4.28. The highest BCUT2D eigenvalue weighted by atomic mass is 16.5. The number of carbonyl (C=O) groups is 1. The lowest BCUT2D eigenvalue weighted by molar-refractivity contribution is -0.0592. The van der Waals surface area contributed by atoms with Gasteiger partial charge in [0.15, 0.2) is 0 Å². The van der Waals surface area contributed by atoms with Gasteiger partial charge in [-0.15, -0.1) is 0 Å². The van der Waals surface area contributed by atoms with Gasteiger partial charge >= 0.3 is 5.97 Å². The van der Waals surface area contributed by atoms with E-state index in [1.54, 1.807) is 18.2 Å². The van der Waals surface area contributed by atoms with Crippen LogP contribution in [0.4, 0.5) is 5.69 Å². The van der Waals surface area contributed by atoms with Crippen LogP contribution in [0.15, 0.2) is 54.6 Å². The van der Waals surface area contributed by atoms with E-state index in [1.807, 2.05) is 37.4 Å². The Balaban J connectivity index is 1.09. The zero-order chi connectivity index (χ0) is 29.1. The summed E-state index contributed by atoms with van der Waals surface area (Å²) in [7, 11) is 1.85. The van der Waals surface area contributed by atoms with Crippen LogP contribution in [-0.4, -0.2) is 69.6 Å². The van der Waals surface area contributed by atoms with E-state index < -0.39 is 5.97 Å². The van der Waals surface area contributed by atoms with Gasteiger partial charge in [0.05, 0.1) is 35.8 Å². The maximum absolute atomic E-state index is 11.6. The number of benzene rings is 2. The molecule has 2 aromatic heterocycles. The Morgan fingerprint density at radius 2 is 1.98 bits per heavy atom. The van der Waals surface area contributed by atoms with E-state index in [-0.39, 0.29) is 11.7 Å². The first-order valence-corrected chi connectivity index (χ1v) is 14.5. The van der Waals surface area contributed by atoms with E-state index in [0.29, 0.717) is 31.5 Å². The fourth-order valence-electron chi connectivity index (χ4n) is 5.79. The molecule has 0 radical (unpaired) electrons. The average molecular weight is 569 g/mol. The maximum Gasteiger partial charge on any atom is 0.335 e. The average Bonchev–Trinajstić information content (AvgIpc) is 3.33. The van der Waals surface area contributed by atoms with Crippen LogP contribution < -0.4 is 10.1 Å². The van der Waals surface area contributed by atoms with Gasteiger partial charge < -0.3 is 29.9 Å². The van der Waals surface area contributed by atoms with Gasteiger partial charge in [-0.25, -0.2) is 14.8 Å². The maximum atomic E-state index is 11.6. The summed E-state index contributed by atoms with van der Waals surface area (Å²) < 4.78 is 13.9. The number of rotatable bonds is 11. The molecular formula is C32H36N6O4. The minimum atomic E-state index is -0.934. The Labute approximate surface area is 244 Å². The number of hydrogen-bond donors (Lipinski definition) is 3. The Bertz CT molecular complexity index is 1590. The number of nitrogens with one attached hydrogen (secondary N) is 2. The summed E-state index contributed by atoms with van der Waals surface area (Å²) in [5.41, 5.74) is 5.71. The molecule has 2 aliphatic heterocycles. The monoisotopic (exact) mass is 568 g/mol. The molecule has 4 heterocycles. The molecule has 0 spiro atoms. The first-order chi connectivity index (χ1) is 20.5. The molecule has 10 nitrogen and oxygen atoms in total. The lowest BCUT2D eigenvalue weighted by Gasteiger charge is -2.32. The van der Waals surface area contributed by atoms with Crippen LogP contribution in [0.3, 0.4) is 0 Å². The second-order valence-electron chi connectivity index (χ2n) is 11.0. The van der Waals surface area contributed by atoms with E-state index in [1.165, 1.54) is 6.21 Å². The first-order valence-electron chi connectivity index (χ1n) is 14.5. The standard InChI is InChI=1S/C32H36N6O4/c1-34-26-7-5-21(15-24(26)17-33)20-42-31-4-2-3-27(36-31)22-9-12-37(13-10-22)19-30-35-28-8-6-23(32(39)40)16-29(28)38(30)18-25-11-14-41-25/h2-8,15-17,22,25,33-34H,9-14,18-20H2,1H3,(H,39,40)/t25-/m0/s1. The van der Waals surface area contributed by atoms with E-state index in [9.17, 15) is 9.90 Å². The largest absolute Gasteiger partial charge is 0.478 e. The fraction of sp³-hybridized carbons (Fsp3) is 0.375. The van der Waals surface area contributed by atoms with E-state index in [4.69, 9.17) is 24.9 Å². The molecule has 2 fully saturated rings. The number of likely N-dealkylation sites (tertiary alicyclic amines) is 1. The molecule has 2 aliphatic rings. The Morgan fingerprint density at radius 3 is 2.69 bits per heavy atom. The zero-order valence-electron chi connectivity index (χ0n) is 23.8. The van der Waals surface area contributed by atoms with Crippen LogP contribution >= 0.6 is 0 Å². The predicted molar refractivity (Wildman–Crippen MR) is 161 cm³/mol. The third-order valence-electron chi connectivity index (χ3n) is 8.30. The summed E-state index contributed by atoms with van der Waals surface area (Å²) in [6.45, 7) is 4.40. The van der Waals surface area contributed by atoms with Gasteiger partial charge in [-0.1, -0.05) is 12.1 Å². The minimum Gasteiger partial charge on any atom is -0.478 e. The van der Waals surface area contributed by atoms with Crippen molar-refractivity contribution >= 4 is 28.9 Å². The Kier molecular flexibility index (Phi) is 8.16. The van der Waals surface area contributed by atoms with Crippen molar-refractivity contribution in [2.75, 3.05) is 32.1 Å². The number of carboxylic acids is 1.